The lowest BCUT2D eigenvalue weighted by molar-refractivity contribution is -0.121. The van der Waals surface area contributed by atoms with Crippen LogP contribution in [0.25, 0.3) is 0 Å². The lowest BCUT2D eigenvalue weighted by Gasteiger charge is -2.15. The number of hydrogen-bond donors (Lipinski definition) is 2. The molecule has 0 aliphatic carbocycles. The second-order valence-electron chi connectivity index (χ2n) is 4.19. The Labute approximate surface area is 106 Å². The summed E-state index contributed by atoms with van der Waals surface area (Å²) in [6.45, 7) is 3.14. The first kappa shape index (κ1) is 12.5. The summed E-state index contributed by atoms with van der Waals surface area (Å²) in [5, 5.41) is 5.72. The van der Waals surface area contributed by atoms with E-state index in [9.17, 15) is 4.79 Å². The van der Waals surface area contributed by atoms with E-state index in [2.05, 4.69) is 10.6 Å². The molecule has 1 heterocycles. The minimum absolute atomic E-state index is 0.0536. The Kier molecular flexibility index (Phi) is 3.92. The number of anilines is 1. The Morgan fingerprint density at radius 2 is 2.00 bits per heavy atom. The molecule has 1 aromatic rings. The summed E-state index contributed by atoms with van der Waals surface area (Å²) in [4.78, 5) is 11.4. The molecule has 0 bridgehead atoms. The number of hydrogen-bond acceptors (Lipinski definition) is 4. The van der Waals surface area contributed by atoms with Crippen molar-refractivity contribution in [2.45, 2.75) is 19.4 Å². The normalized spacial score (nSPS) is 15.4. The molecule has 5 heteroatoms. The summed E-state index contributed by atoms with van der Waals surface area (Å²) in [6, 6.07) is 5.31. The molecule has 1 aliphatic heterocycles. The fourth-order valence-corrected chi connectivity index (χ4v) is 1.79. The molecule has 1 aromatic carbocycles. The van der Waals surface area contributed by atoms with Crippen molar-refractivity contribution >= 4 is 11.6 Å². The minimum atomic E-state index is -0.292. The van der Waals surface area contributed by atoms with Crippen LogP contribution in [-0.4, -0.2) is 32.2 Å². The number of carbonyl (C=O) groups is 1. The first-order valence-corrected chi connectivity index (χ1v) is 6.08. The summed E-state index contributed by atoms with van der Waals surface area (Å²) in [5.41, 5.74) is 0.843. The minimum Gasteiger partial charge on any atom is -0.490 e. The van der Waals surface area contributed by atoms with Crippen LogP contribution < -0.4 is 20.1 Å². The van der Waals surface area contributed by atoms with Crippen molar-refractivity contribution < 1.29 is 14.3 Å². The molecule has 1 amide bonds. The van der Waals surface area contributed by atoms with Gasteiger partial charge in [0, 0.05) is 25.2 Å². The quantitative estimate of drug-likeness (QED) is 0.851. The van der Waals surface area contributed by atoms with E-state index in [4.69, 9.17) is 9.47 Å². The molecule has 2 N–H and O–H groups in total. The van der Waals surface area contributed by atoms with Gasteiger partial charge in [-0.25, -0.2) is 0 Å². The van der Waals surface area contributed by atoms with Gasteiger partial charge in [0.25, 0.3) is 0 Å². The van der Waals surface area contributed by atoms with Gasteiger partial charge in [-0.05, 0) is 19.1 Å². The molecular weight excluding hydrogens is 232 g/mol. The van der Waals surface area contributed by atoms with Crippen molar-refractivity contribution in [3.63, 3.8) is 0 Å². The molecular formula is C13H18N2O3. The van der Waals surface area contributed by atoms with Crippen LogP contribution in [0.5, 0.6) is 11.5 Å². The zero-order valence-electron chi connectivity index (χ0n) is 10.7. The lowest BCUT2D eigenvalue weighted by Crippen LogP contribution is -2.35. The van der Waals surface area contributed by atoms with Crippen molar-refractivity contribution in [1.29, 1.82) is 0 Å². The highest BCUT2D eigenvalue weighted by Gasteiger charge is 2.14. The fraction of sp³-hybridized carbons (Fsp3) is 0.462. The van der Waals surface area contributed by atoms with Crippen LogP contribution in [-0.2, 0) is 4.79 Å². The molecule has 98 valence electrons. The Bertz CT molecular complexity index is 434. The van der Waals surface area contributed by atoms with Gasteiger partial charge >= 0.3 is 0 Å². The van der Waals surface area contributed by atoms with E-state index in [1.807, 2.05) is 25.1 Å². The monoisotopic (exact) mass is 250 g/mol. The Hall–Kier alpha value is -1.91. The van der Waals surface area contributed by atoms with Crippen LogP contribution in [0.4, 0.5) is 5.69 Å². The van der Waals surface area contributed by atoms with Crippen molar-refractivity contribution in [2.75, 3.05) is 25.6 Å². The standard InChI is InChI=1S/C13H18N2O3/c1-9(13(16)14-2)15-10-4-5-11-12(8-10)18-7-3-6-17-11/h4-5,8-9,15H,3,6-7H2,1-2H3,(H,14,16). The summed E-state index contributed by atoms with van der Waals surface area (Å²) in [7, 11) is 1.62. The maximum absolute atomic E-state index is 11.4. The van der Waals surface area contributed by atoms with Gasteiger partial charge in [0.1, 0.15) is 6.04 Å². The summed E-state index contributed by atoms with van der Waals surface area (Å²) in [5.74, 6) is 1.43. The van der Waals surface area contributed by atoms with Crippen molar-refractivity contribution in [3.8, 4) is 11.5 Å². The predicted octanol–water partition coefficient (Wildman–Crippen LogP) is 1.39. The predicted molar refractivity (Wildman–Crippen MR) is 69.2 cm³/mol. The zero-order valence-corrected chi connectivity index (χ0v) is 10.7. The van der Waals surface area contributed by atoms with Gasteiger partial charge in [0.15, 0.2) is 11.5 Å². The second kappa shape index (κ2) is 5.62. The first-order valence-electron chi connectivity index (χ1n) is 6.08. The molecule has 0 saturated carbocycles. The smallest absolute Gasteiger partial charge is 0.241 e. The molecule has 1 unspecified atom stereocenters. The Balaban J connectivity index is 2.10. The van der Waals surface area contributed by atoms with Gasteiger partial charge in [-0.15, -0.1) is 0 Å². The highest BCUT2D eigenvalue weighted by Crippen LogP contribution is 2.32. The second-order valence-corrected chi connectivity index (χ2v) is 4.19. The number of rotatable bonds is 3. The van der Waals surface area contributed by atoms with E-state index in [0.29, 0.717) is 13.2 Å². The largest absolute Gasteiger partial charge is 0.490 e. The van der Waals surface area contributed by atoms with Gasteiger partial charge in [-0.2, -0.15) is 0 Å². The third-order valence-electron chi connectivity index (χ3n) is 2.77. The fourth-order valence-electron chi connectivity index (χ4n) is 1.79. The number of likely N-dealkylation sites (N-methyl/N-ethyl adjacent to an activating group) is 1. The van der Waals surface area contributed by atoms with Crippen LogP contribution in [0.15, 0.2) is 18.2 Å². The number of amides is 1. The van der Waals surface area contributed by atoms with Crippen LogP contribution in [0.1, 0.15) is 13.3 Å². The maximum atomic E-state index is 11.4. The van der Waals surface area contributed by atoms with E-state index in [-0.39, 0.29) is 11.9 Å². The van der Waals surface area contributed by atoms with Gasteiger partial charge in [0.2, 0.25) is 5.91 Å². The summed E-state index contributed by atoms with van der Waals surface area (Å²) >= 11 is 0. The number of carbonyl (C=O) groups excluding carboxylic acids is 1. The number of nitrogens with one attached hydrogen (secondary N) is 2. The topological polar surface area (TPSA) is 59.6 Å². The molecule has 1 atom stereocenters. The molecule has 0 spiro atoms. The van der Waals surface area contributed by atoms with Gasteiger partial charge < -0.3 is 20.1 Å². The van der Waals surface area contributed by atoms with E-state index >= 15 is 0 Å². The third-order valence-corrected chi connectivity index (χ3v) is 2.77. The zero-order chi connectivity index (χ0) is 13.0. The average Bonchev–Trinajstić information content (AvgIpc) is 2.62. The average molecular weight is 250 g/mol. The van der Waals surface area contributed by atoms with Crippen LogP contribution in [0.2, 0.25) is 0 Å². The first-order chi connectivity index (χ1) is 8.70. The Morgan fingerprint density at radius 1 is 1.28 bits per heavy atom. The molecule has 0 aromatic heterocycles. The van der Waals surface area contributed by atoms with E-state index < -0.39 is 0 Å². The molecule has 18 heavy (non-hydrogen) atoms. The molecule has 5 nitrogen and oxygen atoms in total. The number of fused-ring (bicyclic) bond motifs is 1. The van der Waals surface area contributed by atoms with E-state index in [0.717, 1.165) is 23.6 Å². The van der Waals surface area contributed by atoms with Crippen LogP contribution >= 0.6 is 0 Å². The van der Waals surface area contributed by atoms with Gasteiger partial charge in [-0.1, -0.05) is 0 Å². The van der Waals surface area contributed by atoms with E-state index in [1.165, 1.54) is 0 Å². The van der Waals surface area contributed by atoms with Crippen LogP contribution in [0, 0.1) is 0 Å². The van der Waals surface area contributed by atoms with Gasteiger partial charge in [0.05, 0.1) is 13.2 Å². The molecule has 1 aliphatic rings. The highest BCUT2D eigenvalue weighted by atomic mass is 16.5. The van der Waals surface area contributed by atoms with Crippen LogP contribution in [0.3, 0.4) is 0 Å². The SMILES string of the molecule is CNC(=O)C(C)Nc1ccc2c(c1)OCCCO2. The molecule has 2 rings (SSSR count). The molecule has 0 fully saturated rings. The van der Waals surface area contributed by atoms with Crippen molar-refractivity contribution in [1.82, 2.24) is 5.32 Å². The number of ether oxygens (including phenoxy) is 2. The number of benzene rings is 1. The summed E-state index contributed by atoms with van der Waals surface area (Å²) < 4.78 is 11.1. The van der Waals surface area contributed by atoms with Gasteiger partial charge in [-0.3, -0.25) is 4.79 Å². The lowest BCUT2D eigenvalue weighted by atomic mass is 10.2. The van der Waals surface area contributed by atoms with Crippen molar-refractivity contribution in [2.24, 2.45) is 0 Å². The summed E-state index contributed by atoms with van der Waals surface area (Å²) in [6.07, 6.45) is 0.881. The molecule has 0 radical (unpaired) electrons. The Morgan fingerprint density at radius 3 is 2.72 bits per heavy atom. The third kappa shape index (κ3) is 2.85. The van der Waals surface area contributed by atoms with Crippen molar-refractivity contribution in [3.05, 3.63) is 18.2 Å². The van der Waals surface area contributed by atoms with E-state index in [1.54, 1.807) is 7.05 Å². The highest BCUT2D eigenvalue weighted by molar-refractivity contribution is 5.84. The molecule has 0 saturated heterocycles. The maximum Gasteiger partial charge on any atom is 0.241 e.